The maximum absolute atomic E-state index is 13.1. The van der Waals surface area contributed by atoms with Gasteiger partial charge in [0.1, 0.15) is 0 Å². The number of anilines is 3. The van der Waals surface area contributed by atoms with Gasteiger partial charge in [0.2, 0.25) is 10.0 Å². The monoisotopic (exact) mass is 646 g/mol. The molecule has 2 aromatic rings. The van der Waals surface area contributed by atoms with Crippen molar-refractivity contribution in [2.75, 3.05) is 21.1 Å². The van der Waals surface area contributed by atoms with Crippen LogP contribution in [0.25, 0.3) is 0 Å². The molecule has 0 saturated carbocycles. The van der Waals surface area contributed by atoms with Crippen LogP contribution in [0.1, 0.15) is 115 Å². The number of nitrogens with one attached hydrogen (secondary N) is 4. The molecule has 0 aromatic heterocycles. The zero-order valence-electron chi connectivity index (χ0n) is 26.6. The highest BCUT2D eigenvalue weighted by Gasteiger charge is 2.25. The van der Waals surface area contributed by atoms with E-state index in [0.29, 0.717) is 17.7 Å². The SMILES string of the molecule is CCCCCCCCCCCCCCCCS(=O)(=O)Nc1ccc(Cl)c(NC(=O)C(Nc2ccc(C)cc2C=N)C(C)=O)c1. The van der Waals surface area contributed by atoms with Crippen molar-refractivity contribution in [3.05, 3.63) is 52.5 Å². The number of rotatable bonds is 23. The van der Waals surface area contributed by atoms with Crippen LogP contribution in [-0.4, -0.2) is 38.1 Å². The Morgan fingerprint density at radius 1 is 0.841 bits per heavy atom. The predicted molar refractivity (Wildman–Crippen MR) is 185 cm³/mol. The van der Waals surface area contributed by atoms with Gasteiger partial charge in [-0.25, -0.2) is 8.42 Å². The summed E-state index contributed by atoms with van der Waals surface area (Å²) in [5.74, 6) is -1.07. The summed E-state index contributed by atoms with van der Waals surface area (Å²) < 4.78 is 28.0. The molecule has 0 saturated heterocycles. The highest BCUT2D eigenvalue weighted by atomic mass is 35.5. The zero-order valence-corrected chi connectivity index (χ0v) is 28.2. The quantitative estimate of drug-likeness (QED) is 0.0544. The van der Waals surface area contributed by atoms with Crippen molar-refractivity contribution < 1.29 is 18.0 Å². The molecule has 2 aromatic carbocycles. The lowest BCUT2D eigenvalue weighted by Crippen LogP contribution is -2.40. The van der Waals surface area contributed by atoms with Gasteiger partial charge in [-0.3, -0.25) is 14.3 Å². The van der Waals surface area contributed by atoms with Crippen LogP contribution in [0.5, 0.6) is 0 Å². The Morgan fingerprint density at radius 3 is 1.95 bits per heavy atom. The molecule has 1 unspecified atom stereocenters. The van der Waals surface area contributed by atoms with Crippen LogP contribution in [-0.2, 0) is 19.6 Å². The van der Waals surface area contributed by atoms with E-state index in [1.807, 2.05) is 13.0 Å². The third-order valence-corrected chi connectivity index (χ3v) is 9.30. The van der Waals surface area contributed by atoms with Crippen molar-refractivity contribution in [2.24, 2.45) is 0 Å². The molecular weight excluding hydrogens is 596 g/mol. The van der Waals surface area contributed by atoms with Gasteiger partial charge >= 0.3 is 0 Å². The van der Waals surface area contributed by atoms with Crippen molar-refractivity contribution in [1.82, 2.24) is 0 Å². The van der Waals surface area contributed by atoms with Gasteiger partial charge < -0.3 is 16.0 Å². The number of hydrogen-bond donors (Lipinski definition) is 4. The largest absolute Gasteiger partial charge is 0.367 e. The van der Waals surface area contributed by atoms with E-state index in [-0.39, 0.29) is 22.2 Å². The Kier molecular flexibility index (Phi) is 17.1. The summed E-state index contributed by atoms with van der Waals surface area (Å²) in [6.07, 6.45) is 17.9. The fourth-order valence-electron chi connectivity index (χ4n) is 5.05. The third kappa shape index (κ3) is 14.2. The van der Waals surface area contributed by atoms with E-state index in [9.17, 15) is 18.0 Å². The average Bonchev–Trinajstić information content (AvgIpc) is 2.97. The van der Waals surface area contributed by atoms with E-state index < -0.39 is 27.8 Å². The summed E-state index contributed by atoms with van der Waals surface area (Å²) in [6.45, 7) is 5.42. The van der Waals surface area contributed by atoms with Crippen LogP contribution in [0.3, 0.4) is 0 Å². The molecular formula is C34H51ClN4O4S. The first-order chi connectivity index (χ1) is 21.1. The van der Waals surface area contributed by atoms with E-state index in [1.165, 1.54) is 89.3 Å². The standard InChI is InChI=1S/C34H51ClN4O4S/c1-4-5-6-7-8-9-10-11-12-13-14-15-16-17-22-44(42,43)39-29-19-20-30(35)32(24-29)38-34(41)33(27(3)40)37-31-21-18-26(2)23-28(31)25-36/h18-21,23-25,33,36-37,39H,4-17,22H2,1-3H3,(H,38,41). The van der Waals surface area contributed by atoms with Crippen molar-refractivity contribution in [1.29, 1.82) is 5.41 Å². The molecule has 0 aliphatic heterocycles. The highest BCUT2D eigenvalue weighted by Crippen LogP contribution is 2.27. The molecule has 44 heavy (non-hydrogen) atoms. The first kappa shape index (κ1) is 37.3. The number of hydrogen-bond acceptors (Lipinski definition) is 6. The van der Waals surface area contributed by atoms with Gasteiger partial charge in [-0.1, -0.05) is 114 Å². The van der Waals surface area contributed by atoms with Gasteiger partial charge in [0, 0.05) is 17.5 Å². The third-order valence-electron chi connectivity index (χ3n) is 7.60. The van der Waals surface area contributed by atoms with Crippen LogP contribution in [0.2, 0.25) is 5.02 Å². The Morgan fingerprint density at radius 2 is 1.41 bits per heavy atom. The van der Waals surface area contributed by atoms with Crippen molar-refractivity contribution in [2.45, 2.75) is 117 Å². The number of aryl methyl sites for hydroxylation is 1. The average molecular weight is 647 g/mol. The van der Waals surface area contributed by atoms with E-state index in [0.717, 1.165) is 31.0 Å². The van der Waals surface area contributed by atoms with Crippen LogP contribution in [0, 0.1) is 12.3 Å². The molecule has 1 atom stereocenters. The molecule has 0 heterocycles. The van der Waals surface area contributed by atoms with Crippen molar-refractivity contribution in [3.63, 3.8) is 0 Å². The summed E-state index contributed by atoms with van der Waals surface area (Å²) in [5, 5.41) is 13.4. The smallest absolute Gasteiger partial charge is 0.254 e. The lowest BCUT2D eigenvalue weighted by atomic mass is 10.0. The van der Waals surface area contributed by atoms with E-state index >= 15 is 0 Å². The van der Waals surface area contributed by atoms with Crippen LogP contribution in [0.15, 0.2) is 36.4 Å². The second-order valence-electron chi connectivity index (χ2n) is 11.6. The first-order valence-electron chi connectivity index (χ1n) is 16.0. The molecule has 4 N–H and O–H groups in total. The van der Waals surface area contributed by atoms with Crippen LogP contribution < -0.4 is 15.4 Å². The maximum atomic E-state index is 13.1. The Hall–Kier alpha value is -2.91. The zero-order chi connectivity index (χ0) is 32.4. The Labute approximate surface area is 269 Å². The summed E-state index contributed by atoms with van der Waals surface area (Å²) in [7, 11) is -3.58. The molecule has 0 aliphatic carbocycles. The minimum Gasteiger partial charge on any atom is -0.367 e. The summed E-state index contributed by atoms with van der Waals surface area (Å²) in [5.41, 5.74) is 2.40. The number of carbonyl (C=O) groups is 2. The van der Waals surface area contributed by atoms with Crippen molar-refractivity contribution >= 4 is 56.6 Å². The van der Waals surface area contributed by atoms with Crippen LogP contribution >= 0.6 is 11.6 Å². The number of amides is 1. The molecule has 244 valence electrons. The first-order valence-corrected chi connectivity index (χ1v) is 18.1. The molecule has 1 amide bonds. The number of carbonyl (C=O) groups excluding carboxylic acids is 2. The van der Waals surface area contributed by atoms with Gasteiger partial charge in [-0.05, 0) is 50.6 Å². The van der Waals surface area contributed by atoms with Gasteiger partial charge in [0.25, 0.3) is 5.91 Å². The fraction of sp³-hybridized carbons (Fsp3) is 0.559. The predicted octanol–water partition coefficient (Wildman–Crippen LogP) is 8.88. The van der Waals surface area contributed by atoms with E-state index in [4.69, 9.17) is 17.0 Å². The summed E-state index contributed by atoms with van der Waals surface area (Å²) >= 11 is 6.30. The molecule has 0 aliphatic rings. The van der Waals surface area contributed by atoms with E-state index in [1.54, 1.807) is 12.1 Å². The lowest BCUT2D eigenvalue weighted by Gasteiger charge is -2.19. The number of unbranched alkanes of at least 4 members (excludes halogenated alkanes) is 13. The number of ketones is 1. The lowest BCUT2D eigenvalue weighted by molar-refractivity contribution is -0.125. The van der Waals surface area contributed by atoms with Crippen LogP contribution in [0.4, 0.5) is 17.1 Å². The van der Waals surface area contributed by atoms with Crippen molar-refractivity contribution in [3.8, 4) is 0 Å². The maximum Gasteiger partial charge on any atom is 0.254 e. The molecule has 0 fully saturated rings. The topological polar surface area (TPSA) is 128 Å². The number of Topliss-reactive ketones (excluding diaryl/α,β-unsaturated/α-hetero) is 1. The normalized spacial score (nSPS) is 12.0. The van der Waals surface area contributed by atoms with Gasteiger partial charge in [-0.15, -0.1) is 0 Å². The second-order valence-corrected chi connectivity index (χ2v) is 13.9. The van der Waals surface area contributed by atoms with Gasteiger partial charge in [0.15, 0.2) is 11.8 Å². The highest BCUT2D eigenvalue weighted by molar-refractivity contribution is 7.92. The molecule has 0 bridgehead atoms. The Balaban J connectivity index is 1.79. The van der Waals surface area contributed by atoms with Gasteiger partial charge in [0.05, 0.1) is 22.2 Å². The molecule has 0 spiro atoms. The summed E-state index contributed by atoms with van der Waals surface area (Å²) in [4.78, 5) is 25.4. The molecule has 0 radical (unpaired) electrons. The number of benzene rings is 2. The minimum atomic E-state index is -3.58. The number of halogens is 1. The Bertz CT molecular complexity index is 1320. The second kappa shape index (κ2) is 20.2. The molecule has 10 heteroatoms. The molecule has 8 nitrogen and oxygen atoms in total. The molecule has 2 rings (SSSR count). The summed E-state index contributed by atoms with van der Waals surface area (Å²) in [6, 6.07) is 8.52. The number of sulfonamides is 1. The fourth-order valence-corrected chi connectivity index (χ4v) is 6.38. The van der Waals surface area contributed by atoms with Gasteiger partial charge in [-0.2, -0.15) is 0 Å². The van der Waals surface area contributed by atoms with E-state index in [2.05, 4.69) is 22.3 Å². The minimum absolute atomic E-state index is 0.0115.